The van der Waals surface area contributed by atoms with Gasteiger partial charge in [-0.2, -0.15) is 0 Å². The molecule has 1 atom stereocenters. The highest BCUT2D eigenvalue weighted by atomic mass is 32.1. The number of esters is 1. The number of hydrogen-bond donors (Lipinski definition) is 1. The normalized spacial score (nSPS) is 11.5. The van der Waals surface area contributed by atoms with Gasteiger partial charge in [0.2, 0.25) is 6.10 Å². The van der Waals surface area contributed by atoms with Crippen LogP contribution in [0.2, 0.25) is 0 Å². The summed E-state index contributed by atoms with van der Waals surface area (Å²) in [5.41, 5.74) is 6.74. The van der Waals surface area contributed by atoms with E-state index in [-0.39, 0.29) is 5.69 Å². The number of ether oxygens (including phenoxy) is 3. The monoisotopic (exact) mass is 398 g/mol. The van der Waals surface area contributed by atoms with Crippen molar-refractivity contribution in [1.82, 2.24) is 4.98 Å². The highest BCUT2D eigenvalue weighted by Gasteiger charge is 2.24. The van der Waals surface area contributed by atoms with Gasteiger partial charge in [-0.3, -0.25) is 4.79 Å². The second-order valence-electron chi connectivity index (χ2n) is 5.71. The van der Waals surface area contributed by atoms with Gasteiger partial charge in [0.1, 0.15) is 5.01 Å². The van der Waals surface area contributed by atoms with E-state index in [0.29, 0.717) is 22.1 Å². The van der Waals surface area contributed by atoms with Crippen LogP contribution in [0.1, 0.15) is 22.2 Å². The molecule has 0 saturated heterocycles. The first-order valence-electron chi connectivity index (χ1n) is 8.26. The number of carbonyl (C=O) groups is 2. The van der Waals surface area contributed by atoms with Crippen LogP contribution in [0.25, 0.3) is 10.6 Å². The van der Waals surface area contributed by atoms with E-state index in [9.17, 15) is 9.59 Å². The molecule has 3 aromatic rings. The summed E-state index contributed by atoms with van der Waals surface area (Å²) in [5.74, 6) is -0.336. The Labute approximate surface area is 165 Å². The minimum absolute atomic E-state index is 0.0944. The summed E-state index contributed by atoms with van der Waals surface area (Å²) in [5, 5.41) is 2.17. The SMILES string of the molecule is COc1ccc(-c2nc(C(=O)OC(C(N)=O)c3ccccc3)cs2)cc1OC. The number of nitrogens with zero attached hydrogens (tertiary/aromatic N) is 1. The predicted octanol–water partition coefficient (Wildman–Crippen LogP) is 3.21. The zero-order valence-corrected chi connectivity index (χ0v) is 16.1. The zero-order valence-electron chi connectivity index (χ0n) is 15.2. The number of aromatic nitrogens is 1. The first-order chi connectivity index (χ1) is 13.5. The molecule has 144 valence electrons. The van der Waals surface area contributed by atoms with Crippen molar-refractivity contribution in [3.05, 3.63) is 65.2 Å². The first-order valence-corrected chi connectivity index (χ1v) is 9.14. The zero-order chi connectivity index (χ0) is 20.1. The van der Waals surface area contributed by atoms with Crippen LogP contribution in [0.3, 0.4) is 0 Å². The fraction of sp³-hybridized carbons (Fsp3) is 0.150. The Hall–Kier alpha value is -3.39. The van der Waals surface area contributed by atoms with Crippen LogP contribution in [0.5, 0.6) is 11.5 Å². The Morgan fingerprint density at radius 3 is 2.39 bits per heavy atom. The van der Waals surface area contributed by atoms with Crippen LogP contribution in [0.4, 0.5) is 0 Å². The maximum absolute atomic E-state index is 12.5. The molecule has 3 rings (SSSR count). The lowest BCUT2D eigenvalue weighted by atomic mass is 10.1. The second-order valence-corrected chi connectivity index (χ2v) is 6.56. The molecule has 2 N–H and O–H groups in total. The van der Waals surface area contributed by atoms with E-state index in [0.717, 1.165) is 5.56 Å². The van der Waals surface area contributed by atoms with Gasteiger partial charge in [-0.15, -0.1) is 11.3 Å². The molecule has 1 aromatic heterocycles. The van der Waals surface area contributed by atoms with E-state index in [4.69, 9.17) is 19.9 Å². The van der Waals surface area contributed by atoms with E-state index in [1.807, 2.05) is 6.07 Å². The quantitative estimate of drug-likeness (QED) is 0.613. The first kappa shape index (κ1) is 19.4. The number of carbonyl (C=O) groups excluding carboxylic acids is 2. The maximum atomic E-state index is 12.5. The van der Waals surface area contributed by atoms with Gasteiger partial charge in [0.15, 0.2) is 17.2 Å². The van der Waals surface area contributed by atoms with Gasteiger partial charge in [-0.05, 0) is 18.2 Å². The molecule has 0 spiro atoms. The molecule has 0 bridgehead atoms. The van der Waals surface area contributed by atoms with E-state index in [2.05, 4.69) is 4.98 Å². The lowest BCUT2D eigenvalue weighted by molar-refractivity contribution is -0.127. The molecule has 0 aliphatic heterocycles. The van der Waals surface area contributed by atoms with E-state index < -0.39 is 18.0 Å². The van der Waals surface area contributed by atoms with Gasteiger partial charge in [0.25, 0.3) is 5.91 Å². The number of amides is 1. The number of benzene rings is 2. The summed E-state index contributed by atoms with van der Waals surface area (Å²) in [4.78, 5) is 28.5. The number of nitrogens with two attached hydrogens (primary N) is 1. The molecule has 28 heavy (non-hydrogen) atoms. The molecule has 0 radical (unpaired) electrons. The fourth-order valence-electron chi connectivity index (χ4n) is 2.55. The smallest absolute Gasteiger partial charge is 0.358 e. The van der Waals surface area contributed by atoms with Crippen LogP contribution in [0, 0.1) is 0 Å². The Kier molecular flexibility index (Phi) is 5.90. The molecule has 0 aliphatic carbocycles. The highest BCUT2D eigenvalue weighted by Crippen LogP contribution is 2.33. The average Bonchev–Trinajstić information content (AvgIpc) is 3.22. The van der Waals surface area contributed by atoms with Crippen LogP contribution < -0.4 is 15.2 Å². The molecule has 0 saturated carbocycles. The molecule has 1 heterocycles. The van der Waals surface area contributed by atoms with Gasteiger partial charge in [-0.1, -0.05) is 30.3 Å². The summed E-state index contributed by atoms with van der Waals surface area (Å²) in [6.45, 7) is 0. The molecule has 1 amide bonds. The number of thiazole rings is 1. The van der Waals surface area contributed by atoms with Crippen LogP contribution in [-0.2, 0) is 9.53 Å². The summed E-state index contributed by atoms with van der Waals surface area (Å²) in [6, 6.07) is 13.9. The lowest BCUT2D eigenvalue weighted by Crippen LogP contribution is -2.26. The molecule has 8 heteroatoms. The van der Waals surface area contributed by atoms with Crippen molar-refractivity contribution in [3.63, 3.8) is 0 Å². The Morgan fingerprint density at radius 1 is 1.04 bits per heavy atom. The molecule has 1 unspecified atom stereocenters. The van der Waals surface area contributed by atoms with Crippen LogP contribution in [0.15, 0.2) is 53.9 Å². The van der Waals surface area contributed by atoms with E-state index in [1.165, 1.54) is 11.3 Å². The Bertz CT molecular complexity index is 987. The van der Waals surface area contributed by atoms with Gasteiger partial charge < -0.3 is 19.9 Å². The lowest BCUT2D eigenvalue weighted by Gasteiger charge is -2.14. The third-order valence-corrected chi connectivity index (χ3v) is 4.82. The van der Waals surface area contributed by atoms with Crippen molar-refractivity contribution in [2.75, 3.05) is 14.2 Å². The number of rotatable bonds is 7. The summed E-state index contributed by atoms with van der Waals surface area (Å²) >= 11 is 1.27. The minimum atomic E-state index is -1.18. The maximum Gasteiger partial charge on any atom is 0.358 e. The van der Waals surface area contributed by atoms with Crippen LogP contribution >= 0.6 is 11.3 Å². The third-order valence-electron chi connectivity index (χ3n) is 3.93. The molecule has 7 nitrogen and oxygen atoms in total. The van der Waals surface area contributed by atoms with Crippen molar-refractivity contribution in [3.8, 4) is 22.1 Å². The van der Waals surface area contributed by atoms with Crippen molar-refractivity contribution >= 4 is 23.2 Å². The topological polar surface area (TPSA) is 101 Å². The number of primary amides is 1. The average molecular weight is 398 g/mol. The fourth-order valence-corrected chi connectivity index (χ4v) is 3.34. The predicted molar refractivity (Wildman–Crippen MR) is 104 cm³/mol. The van der Waals surface area contributed by atoms with Crippen molar-refractivity contribution < 1.29 is 23.8 Å². The van der Waals surface area contributed by atoms with Gasteiger partial charge in [0, 0.05) is 16.5 Å². The molecule has 0 aliphatic rings. The van der Waals surface area contributed by atoms with Crippen molar-refractivity contribution in [2.24, 2.45) is 5.73 Å². The Morgan fingerprint density at radius 2 is 1.75 bits per heavy atom. The molecular weight excluding hydrogens is 380 g/mol. The largest absolute Gasteiger partial charge is 0.493 e. The molecule has 0 fully saturated rings. The summed E-state index contributed by atoms with van der Waals surface area (Å²) in [6.07, 6.45) is -1.18. The van der Waals surface area contributed by atoms with Crippen molar-refractivity contribution in [1.29, 1.82) is 0 Å². The van der Waals surface area contributed by atoms with Crippen molar-refractivity contribution in [2.45, 2.75) is 6.10 Å². The van der Waals surface area contributed by atoms with Gasteiger partial charge >= 0.3 is 5.97 Å². The number of methoxy groups -OCH3 is 2. The van der Waals surface area contributed by atoms with Gasteiger partial charge in [0.05, 0.1) is 14.2 Å². The minimum Gasteiger partial charge on any atom is -0.493 e. The van der Waals surface area contributed by atoms with Crippen LogP contribution in [-0.4, -0.2) is 31.1 Å². The summed E-state index contributed by atoms with van der Waals surface area (Å²) < 4.78 is 15.8. The molecular formula is C20H18N2O5S. The number of hydrogen-bond acceptors (Lipinski definition) is 7. The van der Waals surface area contributed by atoms with Gasteiger partial charge in [-0.25, -0.2) is 9.78 Å². The second kappa shape index (κ2) is 8.53. The molecule has 2 aromatic carbocycles. The van der Waals surface area contributed by atoms with E-state index in [1.54, 1.807) is 62.1 Å². The summed E-state index contributed by atoms with van der Waals surface area (Å²) in [7, 11) is 3.09. The highest BCUT2D eigenvalue weighted by molar-refractivity contribution is 7.13. The standard InChI is InChI=1S/C20H18N2O5S/c1-25-15-9-8-13(10-16(15)26-2)19-22-14(11-28-19)20(24)27-17(18(21)23)12-6-4-3-5-7-12/h3-11,17H,1-2H3,(H2,21,23). The van der Waals surface area contributed by atoms with E-state index >= 15 is 0 Å². The Balaban J connectivity index is 1.81. The third kappa shape index (κ3) is 4.12.